The molecule has 0 amide bonds. The molecule has 1 saturated heterocycles. The summed E-state index contributed by atoms with van der Waals surface area (Å²) in [6, 6.07) is 0. The van der Waals surface area contributed by atoms with Gasteiger partial charge in [-0.15, -0.1) is 0 Å². The van der Waals surface area contributed by atoms with Crippen molar-refractivity contribution in [2.45, 2.75) is 37.9 Å². The summed E-state index contributed by atoms with van der Waals surface area (Å²) < 4.78 is 10.7. The average molecular weight is 174 g/mol. The molecule has 0 bridgehead atoms. The predicted octanol–water partition coefficient (Wildman–Crippen LogP) is 0.953. The first-order valence-corrected chi connectivity index (χ1v) is 4.52. The molecule has 72 valence electrons. The molecule has 2 atom stereocenters. The fraction of sp³-hybridized carbons (Fsp3) is 1.00. The molecule has 12 heavy (non-hydrogen) atoms. The Balaban J connectivity index is 2.56. The Labute approximate surface area is 73.7 Å². The normalized spacial score (nSPS) is 33.2. The summed E-state index contributed by atoms with van der Waals surface area (Å²) in [6.07, 6.45) is 2.67. The number of aliphatic hydroxyl groups is 1. The van der Waals surface area contributed by atoms with Gasteiger partial charge in [0.2, 0.25) is 0 Å². The fourth-order valence-corrected chi connectivity index (χ4v) is 1.68. The second-order valence-electron chi connectivity index (χ2n) is 3.48. The van der Waals surface area contributed by atoms with E-state index >= 15 is 0 Å². The standard InChI is InChI=1S/C9H18O3/c1-8(10)9(7-11-2)5-3-4-6-12-9/h8,10H,3-7H2,1-2H3/t8-,9-/m1/s1. The number of hydrogen-bond donors (Lipinski definition) is 1. The molecular formula is C9H18O3. The molecule has 1 aliphatic heterocycles. The maximum absolute atomic E-state index is 9.55. The van der Waals surface area contributed by atoms with E-state index in [1.54, 1.807) is 14.0 Å². The van der Waals surface area contributed by atoms with Crippen molar-refractivity contribution in [2.24, 2.45) is 0 Å². The number of hydrogen-bond acceptors (Lipinski definition) is 3. The van der Waals surface area contributed by atoms with Crippen LogP contribution in [-0.2, 0) is 9.47 Å². The third-order valence-electron chi connectivity index (χ3n) is 2.53. The van der Waals surface area contributed by atoms with Crippen LogP contribution in [0.3, 0.4) is 0 Å². The number of rotatable bonds is 3. The van der Waals surface area contributed by atoms with Crippen molar-refractivity contribution >= 4 is 0 Å². The molecule has 0 spiro atoms. The van der Waals surface area contributed by atoms with Crippen LogP contribution in [0.4, 0.5) is 0 Å². The highest BCUT2D eigenvalue weighted by Crippen LogP contribution is 2.28. The molecule has 1 rings (SSSR count). The van der Waals surface area contributed by atoms with E-state index in [0.717, 1.165) is 25.9 Å². The molecule has 3 heteroatoms. The van der Waals surface area contributed by atoms with Crippen molar-refractivity contribution in [1.82, 2.24) is 0 Å². The Morgan fingerprint density at radius 3 is 2.75 bits per heavy atom. The molecule has 1 aliphatic rings. The monoisotopic (exact) mass is 174 g/mol. The first-order chi connectivity index (χ1) is 5.71. The maximum atomic E-state index is 9.55. The number of methoxy groups -OCH3 is 1. The van der Waals surface area contributed by atoms with Gasteiger partial charge in [0.15, 0.2) is 0 Å². The van der Waals surface area contributed by atoms with Crippen molar-refractivity contribution in [3.05, 3.63) is 0 Å². The van der Waals surface area contributed by atoms with E-state index in [-0.39, 0.29) is 0 Å². The highest BCUT2D eigenvalue weighted by molar-refractivity contribution is 4.88. The Hall–Kier alpha value is -0.120. The van der Waals surface area contributed by atoms with E-state index in [9.17, 15) is 5.11 Å². The lowest BCUT2D eigenvalue weighted by Gasteiger charge is -2.39. The van der Waals surface area contributed by atoms with Gasteiger partial charge < -0.3 is 14.6 Å². The number of ether oxygens (including phenoxy) is 2. The largest absolute Gasteiger partial charge is 0.390 e. The minimum atomic E-state index is -0.447. The minimum Gasteiger partial charge on any atom is -0.390 e. The average Bonchev–Trinajstić information content (AvgIpc) is 2.06. The smallest absolute Gasteiger partial charge is 0.117 e. The molecule has 0 aromatic carbocycles. The Kier molecular flexibility index (Phi) is 3.50. The molecule has 0 unspecified atom stereocenters. The molecular weight excluding hydrogens is 156 g/mol. The van der Waals surface area contributed by atoms with Crippen molar-refractivity contribution in [2.75, 3.05) is 20.3 Å². The van der Waals surface area contributed by atoms with Crippen molar-refractivity contribution < 1.29 is 14.6 Å². The van der Waals surface area contributed by atoms with Gasteiger partial charge in [-0.25, -0.2) is 0 Å². The summed E-state index contributed by atoms with van der Waals surface area (Å²) in [4.78, 5) is 0. The zero-order valence-corrected chi connectivity index (χ0v) is 7.88. The summed E-state index contributed by atoms with van der Waals surface area (Å²) in [7, 11) is 1.64. The van der Waals surface area contributed by atoms with Gasteiger partial charge in [-0.3, -0.25) is 0 Å². The molecule has 0 aromatic rings. The summed E-state index contributed by atoms with van der Waals surface area (Å²) >= 11 is 0. The van der Waals surface area contributed by atoms with E-state index in [1.807, 2.05) is 0 Å². The molecule has 1 fully saturated rings. The van der Waals surface area contributed by atoms with E-state index in [4.69, 9.17) is 9.47 Å². The topological polar surface area (TPSA) is 38.7 Å². The maximum Gasteiger partial charge on any atom is 0.117 e. The van der Waals surface area contributed by atoms with Gasteiger partial charge >= 0.3 is 0 Å². The molecule has 1 N–H and O–H groups in total. The summed E-state index contributed by atoms with van der Waals surface area (Å²) in [5.41, 5.74) is -0.437. The van der Waals surface area contributed by atoms with E-state index in [0.29, 0.717) is 6.61 Å². The molecule has 0 saturated carbocycles. The van der Waals surface area contributed by atoms with Gasteiger partial charge in [-0.2, -0.15) is 0 Å². The quantitative estimate of drug-likeness (QED) is 0.692. The van der Waals surface area contributed by atoms with Gasteiger partial charge in [-0.05, 0) is 26.2 Å². The summed E-state index contributed by atoms with van der Waals surface area (Å²) in [5.74, 6) is 0. The van der Waals surface area contributed by atoms with E-state index in [2.05, 4.69) is 0 Å². The highest BCUT2D eigenvalue weighted by Gasteiger charge is 2.38. The molecule has 0 aliphatic carbocycles. The first-order valence-electron chi connectivity index (χ1n) is 4.52. The summed E-state index contributed by atoms with van der Waals surface area (Å²) in [6.45, 7) is 3.00. The Morgan fingerprint density at radius 1 is 1.58 bits per heavy atom. The molecule has 1 heterocycles. The lowest BCUT2D eigenvalue weighted by atomic mass is 9.90. The van der Waals surface area contributed by atoms with Crippen LogP contribution in [0.5, 0.6) is 0 Å². The minimum absolute atomic E-state index is 0.437. The van der Waals surface area contributed by atoms with Crippen LogP contribution in [0.25, 0.3) is 0 Å². The predicted molar refractivity (Wildman–Crippen MR) is 46.1 cm³/mol. The van der Waals surface area contributed by atoms with Crippen LogP contribution in [-0.4, -0.2) is 37.1 Å². The van der Waals surface area contributed by atoms with Crippen LogP contribution < -0.4 is 0 Å². The Bertz CT molecular complexity index is 122. The Morgan fingerprint density at radius 2 is 2.33 bits per heavy atom. The van der Waals surface area contributed by atoms with E-state index in [1.165, 1.54) is 0 Å². The van der Waals surface area contributed by atoms with Crippen LogP contribution >= 0.6 is 0 Å². The molecule has 3 nitrogen and oxygen atoms in total. The van der Waals surface area contributed by atoms with Crippen LogP contribution in [0.2, 0.25) is 0 Å². The molecule has 0 radical (unpaired) electrons. The van der Waals surface area contributed by atoms with E-state index < -0.39 is 11.7 Å². The highest BCUT2D eigenvalue weighted by atomic mass is 16.5. The molecule has 0 aromatic heterocycles. The van der Waals surface area contributed by atoms with Crippen molar-refractivity contribution in [3.8, 4) is 0 Å². The van der Waals surface area contributed by atoms with Crippen molar-refractivity contribution in [1.29, 1.82) is 0 Å². The zero-order valence-electron chi connectivity index (χ0n) is 7.88. The first kappa shape index (κ1) is 9.96. The second-order valence-corrected chi connectivity index (χ2v) is 3.48. The van der Waals surface area contributed by atoms with Gasteiger partial charge in [-0.1, -0.05) is 0 Å². The second kappa shape index (κ2) is 4.21. The third kappa shape index (κ3) is 1.97. The van der Waals surface area contributed by atoms with Gasteiger partial charge in [0.25, 0.3) is 0 Å². The van der Waals surface area contributed by atoms with Crippen LogP contribution in [0.1, 0.15) is 26.2 Å². The third-order valence-corrected chi connectivity index (χ3v) is 2.53. The van der Waals surface area contributed by atoms with Gasteiger partial charge in [0.1, 0.15) is 5.60 Å². The lowest BCUT2D eigenvalue weighted by molar-refractivity contribution is -0.168. The van der Waals surface area contributed by atoms with Gasteiger partial charge in [0.05, 0.1) is 12.7 Å². The fourth-order valence-electron chi connectivity index (χ4n) is 1.68. The van der Waals surface area contributed by atoms with Crippen LogP contribution in [0.15, 0.2) is 0 Å². The summed E-state index contributed by atoms with van der Waals surface area (Å²) in [5, 5.41) is 9.55. The van der Waals surface area contributed by atoms with Crippen molar-refractivity contribution in [3.63, 3.8) is 0 Å². The lowest BCUT2D eigenvalue weighted by Crippen LogP contribution is -2.49. The van der Waals surface area contributed by atoms with Crippen LogP contribution in [0, 0.1) is 0 Å². The SMILES string of the molecule is COC[C@@]1([C@@H](C)O)CCCCO1. The zero-order chi connectivity index (χ0) is 9.03. The van der Waals surface area contributed by atoms with Gasteiger partial charge in [0, 0.05) is 13.7 Å². The number of aliphatic hydroxyl groups excluding tert-OH is 1.